The molecule has 0 saturated heterocycles. The number of hydrogen-bond donors (Lipinski definition) is 0. The molecule has 1 saturated carbocycles. The first-order chi connectivity index (χ1) is 15.2. The lowest BCUT2D eigenvalue weighted by atomic mass is 9.94. The Balaban J connectivity index is 1.47. The Labute approximate surface area is 185 Å². The number of amides is 1. The number of benzene rings is 1. The van der Waals surface area contributed by atoms with E-state index in [-0.39, 0.29) is 23.5 Å². The number of furan rings is 1. The van der Waals surface area contributed by atoms with Crippen LogP contribution in [-0.2, 0) is 17.9 Å². The Bertz CT molecular complexity index is 982. The summed E-state index contributed by atoms with van der Waals surface area (Å²) in [6, 6.07) is 10.3. The van der Waals surface area contributed by atoms with Crippen LogP contribution in [0.25, 0.3) is 11.6 Å². The van der Waals surface area contributed by atoms with Crippen LogP contribution < -0.4 is 0 Å². The van der Waals surface area contributed by atoms with Gasteiger partial charge in [0, 0.05) is 19.1 Å². The topological polar surface area (TPSA) is 64.2 Å². The first-order valence-corrected chi connectivity index (χ1v) is 11.8. The van der Waals surface area contributed by atoms with Crippen LogP contribution in [0.2, 0.25) is 0 Å². The quantitative estimate of drug-likeness (QED) is 0.452. The SMILES string of the molecule is CCn1c(SCC(=O)N(Cc2ccc(F)cc2)C2CCCCC2)nnc1-c1ccco1. The van der Waals surface area contributed by atoms with Crippen LogP contribution in [0.15, 0.2) is 52.2 Å². The van der Waals surface area contributed by atoms with Gasteiger partial charge < -0.3 is 9.32 Å². The van der Waals surface area contributed by atoms with Crippen molar-refractivity contribution in [3.05, 3.63) is 54.0 Å². The summed E-state index contributed by atoms with van der Waals surface area (Å²) in [4.78, 5) is 15.2. The van der Waals surface area contributed by atoms with Crippen molar-refractivity contribution in [1.82, 2.24) is 19.7 Å². The van der Waals surface area contributed by atoms with Crippen LogP contribution in [0.3, 0.4) is 0 Å². The normalized spacial score (nSPS) is 14.6. The molecule has 1 fully saturated rings. The maximum absolute atomic E-state index is 13.3. The van der Waals surface area contributed by atoms with E-state index in [4.69, 9.17) is 4.42 Å². The van der Waals surface area contributed by atoms with E-state index in [1.165, 1.54) is 30.3 Å². The van der Waals surface area contributed by atoms with Crippen molar-refractivity contribution in [2.45, 2.75) is 63.3 Å². The van der Waals surface area contributed by atoms with E-state index in [0.29, 0.717) is 29.8 Å². The molecule has 8 heteroatoms. The van der Waals surface area contributed by atoms with Gasteiger partial charge in [-0.25, -0.2) is 4.39 Å². The second kappa shape index (κ2) is 10.1. The molecule has 164 valence electrons. The molecule has 0 bridgehead atoms. The standard InChI is InChI=1S/C23H27FN4O2S/c1-2-27-22(20-9-6-14-30-20)25-26-23(27)31-16-21(29)28(19-7-4-3-5-8-19)15-17-10-12-18(24)13-11-17/h6,9-14,19H,2-5,7-8,15-16H2,1H3. The molecule has 31 heavy (non-hydrogen) atoms. The zero-order valence-corrected chi connectivity index (χ0v) is 18.5. The van der Waals surface area contributed by atoms with Gasteiger partial charge in [0.1, 0.15) is 5.82 Å². The fraction of sp³-hybridized carbons (Fsp3) is 0.435. The van der Waals surface area contributed by atoms with E-state index in [2.05, 4.69) is 10.2 Å². The molecular weight excluding hydrogens is 415 g/mol. The molecule has 4 rings (SSSR count). The molecule has 2 aromatic heterocycles. The Kier molecular flexibility index (Phi) is 7.06. The molecule has 6 nitrogen and oxygen atoms in total. The molecule has 3 aromatic rings. The number of hydrogen-bond acceptors (Lipinski definition) is 5. The van der Waals surface area contributed by atoms with Crippen molar-refractivity contribution in [3.8, 4) is 11.6 Å². The van der Waals surface area contributed by atoms with E-state index >= 15 is 0 Å². The predicted octanol–water partition coefficient (Wildman–Crippen LogP) is 5.15. The molecule has 0 spiro atoms. The fourth-order valence-corrected chi connectivity index (χ4v) is 4.97. The monoisotopic (exact) mass is 442 g/mol. The van der Waals surface area contributed by atoms with Gasteiger partial charge in [0.05, 0.1) is 12.0 Å². The summed E-state index contributed by atoms with van der Waals surface area (Å²) in [7, 11) is 0. The van der Waals surface area contributed by atoms with E-state index in [9.17, 15) is 9.18 Å². The second-order valence-electron chi connectivity index (χ2n) is 7.76. The molecule has 0 N–H and O–H groups in total. The zero-order valence-electron chi connectivity index (χ0n) is 17.7. The molecule has 2 heterocycles. The predicted molar refractivity (Wildman–Crippen MR) is 118 cm³/mol. The van der Waals surface area contributed by atoms with Gasteiger partial charge in [0.25, 0.3) is 0 Å². The van der Waals surface area contributed by atoms with Crippen LogP contribution >= 0.6 is 11.8 Å². The number of nitrogens with zero attached hydrogens (tertiary/aromatic N) is 4. The molecule has 1 aromatic carbocycles. The fourth-order valence-electron chi connectivity index (χ4n) is 4.08. The Morgan fingerprint density at radius 2 is 1.97 bits per heavy atom. The number of carbonyl (C=O) groups is 1. The minimum absolute atomic E-state index is 0.0754. The zero-order chi connectivity index (χ0) is 21.6. The summed E-state index contributed by atoms with van der Waals surface area (Å²) in [5.41, 5.74) is 0.946. The van der Waals surface area contributed by atoms with E-state index < -0.39 is 0 Å². The molecule has 0 atom stereocenters. The number of carbonyl (C=O) groups excluding carboxylic acids is 1. The van der Waals surface area contributed by atoms with Gasteiger partial charge in [-0.15, -0.1) is 10.2 Å². The highest BCUT2D eigenvalue weighted by Crippen LogP contribution is 2.27. The van der Waals surface area contributed by atoms with Crippen molar-refractivity contribution < 1.29 is 13.6 Å². The summed E-state index contributed by atoms with van der Waals surface area (Å²) in [5.74, 6) is 1.42. The van der Waals surface area contributed by atoms with Crippen LogP contribution in [-0.4, -0.2) is 37.4 Å². The van der Waals surface area contributed by atoms with E-state index in [1.54, 1.807) is 18.4 Å². The van der Waals surface area contributed by atoms with Crippen LogP contribution in [0.5, 0.6) is 0 Å². The Morgan fingerprint density at radius 1 is 1.19 bits per heavy atom. The summed E-state index contributed by atoms with van der Waals surface area (Å²) < 4.78 is 20.7. The minimum atomic E-state index is -0.263. The summed E-state index contributed by atoms with van der Waals surface area (Å²) in [6.45, 7) is 3.20. The number of halogens is 1. The highest BCUT2D eigenvalue weighted by atomic mass is 32.2. The lowest BCUT2D eigenvalue weighted by Crippen LogP contribution is -2.42. The van der Waals surface area contributed by atoms with Gasteiger partial charge in [-0.05, 0) is 49.6 Å². The third-order valence-electron chi connectivity index (χ3n) is 5.70. The molecular formula is C23H27FN4O2S. The average molecular weight is 443 g/mol. The maximum atomic E-state index is 13.3. The van der Waals surface area contributed by atoms with Gasteiger partial charge in [-0.2, -0.15) is 0 Å². The van der Waals surface area contributed by atoms with Crippen LogP contribution in [0, 0.1) is 5.82 Å². The first-order valence-electron chi connectivity index (χ1n) is 10.8. The van der Waals surface area contributed by atoms with Crippen molar-refractivity contribution in [1.29, 1.82) is 0 Å². The number of aromatic nitrogens is 3. The Morgan fingerprint density at radius 3 is 2.65 bits per heavy atom. The molecule has 0 radical (unpaired) electrons. The van der Waals surface area contributed by atoms with E-state index in [1.807, 2.05) is 28.5 Å². The molecule has 1 amide bonds. The molecule has 0 unspecified atom stereocenters. The second-order valence-corrected chi connectivity index (χ2v) is 8.70. The maximum Gasteiger partial charge on any atom is 0.233 e. The van der Waals surface area contributed by atoms with Crippen molar-refractivity contribution in [3.63, 3.8) is 0 Å². The average Bonchev–Trinajstić information content (AvgIpc) is 3.47. The van der Waals surface area contributed by atoms with Crippen molar-refractivity contribution in [2.75, 3.05) is 5.75 Å². The van der Waals surface area contributed by atoms with Crippen molar-refractivity contribution in [2.24, 2.45) is 0 Å². The lowest BCUT2D eigenvalue weighted by Gasteiger charge is -2.34. The van der Waals surface area contributed by atoms with E-state index in [0.717, 1.165) is 31.2 Å². The highest BCUT2D eigenvalue weighted by molar-refractivity contribution is 7.99. The van der Waals surface area contributed by atoms with Gasteiger partial charge in [0.2, 0.25) is 5.91 Å². The van der Waals surface area contributed by atoms with Crippen molar-refractivity contribution >= 4 is 17.7 Å². The smallest absolute Gasteiger partial charge is 0.233 e. The first kappa shape index (κ1) is 21.6. The molecule has 0 aliphatic heterocycles. The third-order valence-corrected chi connectivity index (χ3v) is 6.65. The third kappa shape index (κ3) is 5.18. The minimum Gasteiger partial charge on any atom is -0.461 e. The van der Waals surface area contributed by atoms with Gasteiger partial charge in [0.15, 0.2) is 16.7 Å². The number of thioether (sulfide) groups is 1. The van der Waals surface area contributed by atoms with Crippen LogP contribution in [0.4, 0.5) is 4.39 Å². The Hall–Kier alpha value is -2.61. The summed E-state index contributed by atoms with van der Waals surface area (Å²) in [5, 5.41) is 9.24. The van der Waals surface area contributed by atoms with Gasteiger partial charge >= 0.3 is 0 Å². The summed E-state index contributed by atoms with van der Waals surface area (Å²) >= 11 is 1.40. The largest absolute Gasteiger partial charge is 0.461 e. The van der Waals surface area contributed by atoms with Gasteiger partial charge in [-0.3, -0.25) is 9.36 Å². The number of rotatable bonds is 8. The molecule has 1 aliphatic carbocycles. The van der Waals surface area contributed by atoms with Gasteiger partial charge in [-0.1, -0.05) is 43.2 Å². The summed E-state index contributed by atoms with van der Waals surface area (Å²) in [6.07, 6.45) is 7.15. The van der Waals surface area contributed by atoms with Crippen LogP contribution in [0.1, 0.15) is 44.6 Å². The molecule has 1 aliphatic rings. The highest BCUT2D eigenvalue weighted by Gasteiger charge is 2.26. The lowest BCUT2D eigenvalue weighted by molar-refractivity contribution is -0.132.